The fourth-order valence-corrected chi connectivity index (χ4v) is 4.13. The lowest BCUT2D eigenvalue weighted by molar-refractivity contribution is -0.179. The van der Waals surface area contributed by atoms with E-state index in [1.165, 1.54) is 13.1 Å². The molecule has 3 aliphatic rings. The molecule has 1 aliphatic heterocycles. The third kappa shape index (κ3) is 1.50. The van der Waals surface area contributed by atoms with Gasteiger partial charge in [0, 0.05) is 11.8 Å². The maximum atomic E-state index is 14.8. The van der Waals surface area contributed by atoms with Crippen molar-refractivity contribution < 1.29 is 19.3 Å². The van der Waals surface area contributed by atoms with E-state index in [0.717, 1.165) is 11.0 Å². The smallest absolute Gasteiger partial charge is 0.330 e. The van der Waals surface area contributed by atoms with Gasteiger partial charge >= 0.3 is 5.69 Å². The number of nitrogens with zero attached hydrogens (tertiary/aromatic N) is 1. The van der Waals surface area contributed by atoms with Gasteiger partial charge in [0.1, 0.15) is 11.7 Å². The van der Waals surface area contributed by atoms with E-state index in [-0.39, 0.29) is 17.9 Å². The number of rotatable bonds is 1. The predicted octanol–water partition coefficient (Wildman–Crippen LogP) is -0.644. The quantitative estimate of drug-likeness (QED) is 0.639. The number of aromatic amines is 1. The number of aryl methyl sites for hydroxylation is 1. The number of halogens is 1. The summed E-state index contributed by atoms with van der Waals surface area (Å²) in [5.74, 6) is -0.171. The zero-order valence-electron chi connectivity index (χ0n) is 12.0. The van der Waals surface area contributed by atoms with Crippen LogP contribution in [0.2, 0.25) is 0 Å². The van der Waals surface area contributed by atoms with Crippen molar-refractivity contribution in [3.8, 4) is 0 Å². The Balaban J connectivity index is 1.76. The van der Waals surface area contributed by atoms with Gasteiger partial charge < -0.3 is 14.9 Å². The SMILES string of the molecule is Cc1cn(C2OC3C4(O)CCC4CC3(O)C2F)c(=O)[nH]c1=O. The maximum absolute atomic E-state index is 14.8. The van der Waals surface area contributed by atoms with E-state index in [9.17, 15) is 24.2 Å². The van der Waals surface area contributed by atoms with E-state index in [0.29, 0.717) is 6.42 Å². The minimum Gasteiger partial charge on any atom is -0.387 e. The molecular formula is C14H17FN2O5. The summed E-state index contributed by atoms with van der Waals surface area (Å²) >= 11 is 0. The van der Waals surface area contributed by atoms with Gasteiger partial charge in [-0.25, -0.2) is 9.18 Å². The minimum absolute atomic E-state index is 0.114. The van der Waals surface area contributed by atoms with Gasteiger partial charge in [-0.3, -0.25) is 14.3 Å². The van der Waals surface area contributed by atoms with Gasteiger partial charge in [0.15, 0.2) is 12.4 Å². The van der Waals surface area contributed by atoms with Crippen molar-refractivity contribution in [1.29, 1.82) is 0 Å². The second-order valence-corrected chi connectivity index (χ2v) is 6.71. The first-order valence-corrected chi connectivity index (χ1v) is 7.34. The van der Waals surface area contributed by atoms with Gasteiger partial charge in [-0.1, -0.05) is 0 Å². The van der Waals surface area contributed by atoms with Crippen LogP contribution in [-0.2, 0) is 4.74 Å². The molecule has 120 valence electrons. The van der Waals surface area contributed by atoms with Crippen LogP contribution in [0, 0.1) is 12.8 Å². The molecule has 0 aromatic carbocycles. The molecule has 6 atom stereocenters. The molecule has 2 saturated carbocycles. The first-order chi connectivity index (χ1) is 10.3. The van der Waals surface area contributed by atoms with Crippen LogP contribution in [-0.4, -0.2) is 43.2 Å². The van der Waals surface area contributed by atoms with Crippen molar-refractivity contribution >= 4 is 0 Å². The van der Waals surface area contributed by atoms with Crippen LogP contribution < -0.4 is 11.2 Å². The first-order valence-electron chi connectivity index (χ1n) is 7.34. The van der Waals surface area contributed by atoms with Gasteiger partial charge in [0.05, 0.1) is 5.60 Å². The molecule has 0 spiro atoms. The van der Waals surface area contributed by atoms with E-state index >= 15 is 0 Å². The lowest BCUT2D eigenvalue weighted by atomic mass is 9.71. The number of aliphatic hydroxyl groups is 2. The standard InChI is InChI=1S/C14H17FN2O5/c1-6-5-17(12(19)16-9(6)18)10-8(15)14(21)4-7-2-3-13(7,20)11(14)22-10/h5,7-8,10-11,20-21H,2-4H2,1H3,(H,16,18,19). The average Bonchev–Trinajstić information content (AvgIpc) is 2.79. The molecule has 3 N–H and O–H groups in total. The number of hydrogen-bond acceptors (Lipinski definition) is 5. The second-order valence-electron chi connectivity index (χ2n) is 6.71. The third-order valence-corrected chi connectivity index (χ3v) is 5.51. The molecule has 6 unspecified atom stereocenters. The largest absolute Gasteiger partial charge is 0.387 e. The Morgan fingerprint density at radius 2 is 2.14 bits per heavy atom. The third-order valence-electron chi connectivity index (χ3n) is 5.51. The summed E-state index contributed by atoms with van der Waals surface area (Å²) in [5, 5.41) is 21.2. The Morgan fingerprint density at radius 1 is 1.41 bits per heavy atom. The summed E-state index contributed by atoms with van der Waals surface area (Å²) in [7, 11) is 0. The molecule has 2 aliphatic carbocycles. The summed E-state index contributed by atoms with van der Waals surface area (Å²) in [6.07, 6.45) is -1.76. The highest BCUT2D eigenvalue weighted by molar-refractivity contribution is 5.22. The number of alkyl halides is 1. The van der Waals surface area contributed by atoms with Crippen LogP contribution in [0.15, 0.2) is 15.8 Å². The van der Waals surface area contributed by atoms with Crippen molar-refractivity contribution in [2.45, 2.75) is 55.9 Å². The molecule has 0 amide bonds. The Labute approximate surface area is 124 Å². The minimum atomic E-state index is -1.85. The normalized spacial score (nSPS) is 46.2. The second kappa shape index (κ2) is 4.06. The molecule has 8 heteroatoms. The Bertz CT molecular complexity index is 760. The van der Waals surface area contributed by atoms with Crippen LogP contribution in [0.4, 0.5) is 4.39 Å². The Kier molecular flexibility index (Phi) is 2.61. The van der Waals surface area contributed by atoms with Crippen LogP contribution in [0.5, 0.6) is 0 Å². The number of aromatic nitrogens is 2. The summed E-state index contributed by atoms with van der Waals surface area (Å²) in [4.78, 5) is 25.4. The molecule has 0 radical (unpaired) electrons. The Hall–Kier alpha value is -1.51. The number of ether oxygens (including phenoxy) is 1. The highest BCUT2D eigenvalue weighted by Gasteiger charge is 2.74. The summed E-state index contributed by atoms with van der Waals surface area (Å²) in [6, 6.07) is 0. The van der Waals surface area contributed by atoms with Crippen LogP contribution in [0.25, 0.3) is 0 Å². The highest BCUT2D eigenvalue weighted by atomic mass is 19.1. The monoisotopic (exact) mass is 312 g/mol. The van der Waals surface area contributed by atoms with Crippen molar-refractivity contribution in [3.05, 3.63) is 32.6 Å². The van der Waals surface area contributed by atoms with Crippen molar-refractivity contribution in [1.82, 2.24) is 9.55 Å². The molecule has 22 heavy (non-hydrogen) atoms. The molecule has 2 heterocycles. The maximum Gasteiger partial charge on any atom is 0.330 e. The summed E-state index contributed by atoms with van der Waals surface area (Å²) in [6.45, 7) is 1.49. The van der Waals surface area contributed by atoms with Crippen LogP contribution >= 0.6 is 0 Å². The van der Waals surface area contributed by atoms with Crippen LogP contribution in [0.1, 0.15) is 31.1 Å². The summed E-state index contributed by atoms with van der Waals surface area (Å²) in [5.41, 5.74) is -4.14. The fraction of sp³-hybridized carbons (Fsp3) is 0.714. The topological polar surface area (TPSA) is 105 Å². The first kappa shape index (κ1) is 14.1. The molecule has 1 saturated heterocycles. The van der Waals surface area contributed by atoms with Gasteiger partial charge in [-0.2, -0.15) is 0 Å². The lowest BCUT2D eigenvalue weighted by Crippen LogP contribution is -2.54. The predicted molar refractivity (Wildman–Crippen MR) is 72.1 cm³/mol. The van der Waals surface area contributed by atoms with Crippen molar-refractivity contribution in [2.75, 3.05) is 0 Å². The molecule has 1 aromatic rings. The molecular weight excluding hydrogens is 295 g/mol. The zero-order valence-corrected chi connectivity index (χ0v) is 12.0. The molecule has 4 rings (SSSR count). The molecule has 1 aromatic heterocycles. The summed E-state index contributed by atoms with van der Waals surface area (Å²) < 4.78 is 21.3. The van der Waals surface area contributed by atoms with E-state index in [2.05, 4.69) is 4.98 Å². The molecule has 7 nitrogen and oxygen atoms in total. The molecule has 3 fully saturated rings. The number of nitrogens with one attached hydrogen (secondary N) is 1. The Morgan fingerprint density at radius 3 is 2.77 bits per heavy atom. The van der Waals surface area contributed by atoms with Crippen LogP contribution in [0.3, 0.4) is 0 Å². The van der Waals surface area contributed by atoms with E-state index in [1.54, 1.807) is 0 Å². The number of hydrogen-bond donors (Lipinski definition) is 3. The van der Waals surface area contributed by atoms with E-state index in [4.69, 9.17) is 4.74 Å². The zero-order chi connectivity index (χ0) is 15.9. The molecule has 0 bridgehead atoms. The van der Waals surface area contributed by atoms with Crippen molar-refractivity contribution in [3.63, 3.8) is 0 Å². The van der Waals surface area contributed by atoms with Gasteiger partial charge in [-0.05, 0) is 32.1 Å². The number of H-pyrrole nitrogens is 1. The highest BCUT2D eigenvalue weighted by Crippen LogP contribution is 2.61. The number of fused-ring (bicyclic) bond motifs is 3. The van der Waals surface area contributed by atoms with Gasteiger partial charge in [0.2, 0.25) is 0 Å². The average molecular weight is 312 g/mol. The fourth-order valence-electron chi connectivity index (χ4n) is 4.13. The lowest BCUT2D eigenvalue weighted by Gasteiger charge is -2.43. The van der Waals surface area contributed by atoms with Crippen molar-refractivity contribution in [2.24, 2.45) is 5.92 Å². The van der Waals surface area contributed by atoms with Gasteiger partial charge in [-0.15, -0.1) is 0 Å². The van der Waals surface area contributed by atoms with E-state index < -0.39 is 41.0 Å². The van der Waals surface area contributed by atoms with E-state index in [1.807, 2.05) is 0 Å². The van der Waals surface area contributed by atoms with Gasteiger partial charge in [0.25, 0.3) is 5.56 Å².